The number of thiophene rings is 1. The van der Waals surface area contributed by atoms with Crippen LogP contribution in [-0.4, -0.2) is 11.4 Å². The summed E-state index contributed by atoms with van der Waals surface area (Å²) in [5.74, 6) is 0. The van der Waals surface area contributed by atoms with E-state index in [1.807, 2.05) is 18.4 Å². The molecule has 0 aliphatic carbocycles. The molecule has 2 rings (SSSR count). The van der Waals surface area contributed by atoms with E-state index in [4.69, 9.17) is 10.8 Å². The highest BCUT2D eigenvalue weighted by atomic mass is 32.2. The number of nitrogen functional groups attached to an aromatic ring is 1. The number of hydrogen-bond acceptors (Lipinski definition) is 4. The number of benzene rings is 1. The molecule has 2 aromatic rings. The number of fused-ring (bicyclic) bond motifs is 1. The van der Waals surface area contributed by atoms with Crippen LogP contribution >= 0.6 is 23.1 Å². The van der Waals surface area contributed by atoms with Gasteiger partial charge in [0, 0.05) is 9.77 Å². The molecular weight excluding hydrogens is 214 g/mol. The maximum Gasteiger partial charge on any atom is 0.0774 e. The standard InChI is InChI=1S/C10H11NOS2/c1-13-7-2-6-3-8(5-12)14-10(6)9(11)4-7/h2-4,12H,5,11H2,1H3. The zero-order valence-corrected chi connectivity index (χ0v) is 9.41. The Kier molecular flexibility index (Phi) is 2.67. The topological polar surface area (TPSA) is 46.2 Å². The normalized spacial score (nSPS) is 11.0. The van der Waals surface area contributed by atoms with Crippen LogP contribution in [0.3, 0.4) is 0 Å². The van der Waals surface area contributed by atoms with Crippen LogP contribution in [0.4, 0.5) is 5.69 Å². The molecule has 0 saturated heterocycles. The van der Waals surface area contributed by atoms with Gasteiger partial charge in [-0.05, 0) is 29.8 Å². The third kappa shape index (κ3) is 1.61. The first kappa shape index (κ1) is 9.83. The van der Waals surface area contributed by atoms with Crippen LogP contribution in [0.25, 0.3) is 10.1 Å². The van der Waals surface area contributed by atoms with Gasteiger partial charge in [-0.2, -0.15) is 0 Å². The van der Waals surface area contributed by atoms with Crippen LogP contribution in [0, 0.1) is 0 Å². The van der Waals surface area contributed by atoms with E-state index in [1.54, 1.807) is 23.1 Å². The third-order valence-electron chi connectivity index (χ3n) is 2.06. The highest BCUT2D eigenvalue weighted by Crippen LogP contribution is 2.34. The molecule has 0 atom stereocenters. The summed E-state index contributed by atoms with van der Waals surface area (Å²) < 4.78 is 1.08. The Morgan fingerprint density at radius 2 is 2.21 bits per heavy atom. The summed E-state index contributed by atoms with van der Waals surface area (Å²) in [6.07, 6.45) is 2.03. The number of aliphatic hydroxyl groups is 1. The van der Waals surface area contributed by atoms with E-state index in [9.17, 15) is 0 Å². The molecular formula is C10H11NOS2. The summed E-state index contributed by atoms with van der Waals surface area (Å²) in [7, 11) is 0. The predicted molar refractivity (Wildman–Crippen MR) is 63.9 cm³/mol. The van der Waals surface area contributed by atoms with E-state index in [2.05, 4.69) is 6.07 Å². The van der Waals surface area contributed by atoms with E-state index in [0.29, 0.717) is 0 Å². The Morgan fingerprint density at radius 1 is 1.43 bits per heavy atom. The molecule has 0 unspecified atom stereocenters. The highest BCUT2D eigenvalue weighted by Gasteiger charge is 2.05. The molecule has 1 aromatic heterocycles. The molecule has 0 spiro atoms. The summed E-state index contributed by atoms with van der Waals surface area (Å²) in [5, 5.41) is 10.1. The van der Waals surface area contributed by atoms with Gasteiger partial charge in [0.15, 0.2) is 0 Å². The number of thioether (sulfide) groups is 1. The number of aliphatic hydroxyl groups excluding tert-OH is 1. The van der Waals surface area contributed by atoms with E-state index >= 15 is 0 Å². The summed E-state index contributed by atoms with van der Waals surface area (Å²) >= 11 is 3.24. The summed E-state index contributed by atoms with van der Waals surface area (Å²) in [4.78, 5) is 2.13. The number of rotatable bonds is 2. The second-order valence-electron chi connectivity index (χ2n) is 3.01. The summed E-state index contributed by atoms with van der Waals surface area (Å²) in [6.45, 7) is 0.0907. The molecule has 0 saturated carbocycles. The van der Waals surface area contributed by atoms with Gasteiger partial charge in [0.1, 0.15) is 0 Å². The molecule has 0 fully saturated rings. The molecule has 2 nitrogen and oxygen atoms in total. The van der Waals surface area contributed by atoms with Gasteiger partial charge in [-0.1, -0.05) is 0 Å². The van der Waals surface area contributed by atoms with Crippen LogP contribution in [0.2, 0.25) is 0 Å². The fourth-order valence-corrected chi connectivity index (χ4v) is 2.82. The van der Waals surface area contributed by atoms with Crippen LogP contribution < -0.4 is 5.73 Å². The van der Waals surface area contributed by atoms with Gasteiger partial charge in [0.2, 0.25) is 0 Å². The van der Waals surface area contributed by atoms with E-state index in [1.165, 1.54) is 0 Å². The Morgan fingerprint density at radius 3 is 2.86 bits per heavy atom. The molecule has 14 heavy (non-hydrogen) atoms. The van der Waals surface area contributed by atoms with Gasteiger partial charge < -0.3 is 10.8 Å². The van der Waals surface area contributed by atoms with Gasteiger partial charge in [-0.3, -0.25) is 0 Å². The highest BCUT2D eigenvalue weighted by molar-refractivity contribution is 7.98. The van der Waals surface area contributed by atoms with Crippen molar-refractivity contribution in [2.45, 2.75) is 11.5 Å². The first-order valence-corrected chi connectivity index (χ1v) is 6.25. The first-order valence-electron chi connectivity index (χ1n) is 4.21. The van der Waals surface area contributed by atoms with Crippen molar-refractivity contribution >= 4 is 38.9 Å². The molecule has 0 aliphatic rings. The zero-order valence-electron chi connectivity index (χ0n) is 7.78. The molecule has 3 N–H and O–H groups in total. The number of nitrogens with two attached hydrogens (primary N) is 1. The molecule has 0 radical (unpaired) electrons. The van der Waals surface area contributed by atoms with E-state index in [0.717, 1.165) is 25.5 Å². The van der Waals surface area contributed by atoms with E-state index < -0.39 is 0 Å². The first-order chi connectivity index (χ1) is 6.74. The Labute approximate surface area is 90.7 Å². The molecule has 4 heteroatoms. The number of anilines is 1. The molecule has 0 amide bonds. The molecule has 0 bridgehead atoms. The maximum absolute atomic E-state index is 9.02. The second kappa shape index (κ2) is 3.81. The monoisotopic (exact) mass is 225 g/mol. The van der Waals surface area contributed by atoms with Crippen molar-refractivity contribution in [3.63, 3.8) is 0 Å². The van der Waals surface area contributed by atoms with Crippen molar-refractivity contribution in [1.29, 1.82) is 0 Å². The van der Waals surface area contributed by atoms with E-state index in [-0.39, 0.29) is 6.61 Å². The lowest BCUT2D eigenvalue weighted by Crippen LogP contribution is -1.84. The SMILES string of the molecule is CSc1cc(N)c2sc(CO)cc2c1. The number of hydrogen-bond donors (Lipinski definition) is 2. The lowest BCUT2D eigenvalue weighted by atomic mass is 10.2. The average Bonchev–Trinajstić information content (AvgIpc) is 2.61. The van der Waals surface area contributed by atoms with Crippen molar-refractivity contribution in [2.75, 3.05) is 12.0 Å². The predicted octanol–water partition coefficient (Wildman–Crippen LogP) is 2.70. The minimum absolute atomic E-state index is 0.0907. The molecule has 74 valence electrons. The fraction of sp³-hybridized carbons (Fsp3) is 0.200. The van der Waals surface area contributed by atoms with Crippen molar-refractivity contribution in [2.24, 2.45) is 0 Å². The molecule has 1 aromatic carbocycles. The maximum atomic E-state index is 9.02. The third-order valence-corrected chi connectivity index (χ3v) is 3.95. The summed E-state index contributed by atoms with van der Waals surface area (Å²) in [6, 6.07) is 6.08. The van der Waals surface area contributed by atoms with Crippen LogP contribution in [-0.2, 0) is 6.61 Å². The lowest BCUT2D eigenvalue weighted by Gasteiger charge is -1.99. The summed E-state index contributed by atoms with van der Waals surface area (Å²) in [5.41, 5.74) is 6.72. The Hall–Kier alpha value is -0.710. The lowest BCUT2D eigenvalue weighted by molar-refractivity contribution is 0.285. The zero-order chi connectivity index (χ0) is 10.1. The van der Waals surface area contributed by atoms with Crippen molar-refractivity contribution < 1.29 is 5.11 Å². The van der Waals surface area contributed by atoms with Crippen LogP contribution in [0.1, 0.15) is 4.88 Å². The van der Waals surface area contributed by atoms with Gasteiger partial charge in [0.25, 0.3) is 0 Å². The fourth-order valence-electron chi connectivity index (χ4n) is 1.40. The van der Waals surface area contributed by atoms with Gasteiger partial charge >= 0.3 is 0 Å². The van der Waals surface area contributed by atoms with Gasteiger partial charge in [-0.25, -0.2) is 0 Å². The van der Waals surface area contributed by atoms with Crippen molar-refractivity contribution in [3.8, 4) is 0 Å². The van der Waals surface area contributed by atoms with Crippen LogP contribution in [0.5, 0.6) is 0 Å². The minimum atomic E-state index is 0.0907. The second-order valence-corrected chi connectivity index (χ2v) is 5.02. The Bertz CT molecular complexity index is 464. The molecule has 1 heterocycles. The smallest absolute Gasteiger partial charge is 0.0774 e. The molecule has 0 aliphatic heterocycles. The van der Waals surface area contributed by atoms with Crippen molar-refractivity contribution in [1.82, 2.24) is 0 Å². The average molecular weight is 225 g/mol. The van der Waals surface area contributed by atoms with Crippen LogP contribution in [0.15, 0.2) is 23.1 Å². The van der Waals surface area contributed by atoms with Crippen molar-refractivity contribution in [3.05, 3.63) is 23.1 Å². The quantitative estimate of drug-likeness (QED) is 0.610. The largest absolute Gasteiger partial charge is 0.398 e. The van der Waals surface area contributed by atoms with Gasteiger partial charge in [-0.15, -0.1) is 23.1 Å². The Balaban J connectivity index is 2.67. The minimum Gasteiger partial charge on any atom is -0.398 e. The van der Waals surface area contributed by atoms with Gasteiger partial charge in [0.05, 0.1) is 17.0 Å².